The summed E-state index contributed by atoms with van der Waals surface area (Å²) < 4.78 is 0. The fourth-order valence-corrected chi connectivity index (χ4v) is 1.17. The molecule has 52 valence electrons. The van der Waals surface area contributed by atoms with Gasteiger partial charge in [-0.2, -0.15) is 0 Å². The van der Waals surface area contributed by atoms with Gasteiger partial charge in [-0.15, -0.1) is 17.8 Å². The van der Waals surface area contributed by atoms with Gasteiger partial charge in [0, 0.05) is 6.20 Å². The summed E-state index contributed by atoms with van der Waals surface area (Å²) in [5.74, 6) is 2.27. The molecule has 10 heavy (non-hydrogen) atoms. The quantitative estimate of drug-likeness (QED) is 0.610. The number of terminal acetylenes is 1. The molecule has 0 bridgehead atoms. The highest BCUT2D eigenvalue weighted by molar-refractivity contribution is 7.09. The number of hydrogen-bond donors (Lipinski definition) is 1. The van der Waals surface area contributed by atoms with Gasteiger partial charge < -0.3 is 5.11 Å². The Labute approximate surface area is 63.5 Å². The minimum absolute atomic E-state index is 0.704. The molecule has 1 rings (SSSR count). The van der Waals surface area contributed by atoms with Crippen LogP contribution in [0.4, 0.5) is 0 Å². The number of aliphatic hydroxyl groups is 1. The summed E-state index contributed by atoms with van der Waals surface area (Å²) in [7, 11) is 0. The SMILES string of the molecule is C#CC(C)(O)c1cncs1. The van der Waals surface area contributed by atoms with Crippen molar-refractivity contribution in [3.63, 3.8) is 0 Å². The highest BCUT2D eigenvalue weighted by atomic mass is 32.1. The molecule has 0 aromatic carbocycles. The first-order chi connectivity index (χ1) is 4.67. The fraction of sp³-hybridized carbons (Fsp3) is 0.286. The molecular formula is C7H7NOS. The van der Waals surface area contributed by atoms with E-state index in [1.807, 2.05) is 0 Å². The summed E-state index contributed by atoms with van der Waals surface area (Å²) in [5, 5.41) is 9.42. The lowest BCUT2D eigenvalue weighted by molar-refractivity contribution is 0.126. The first-order valence-electron chi connectivity index (χ1n) is 2.76. The van der Waals surface area contributed by atoms with Crippen LogP contribution in [0.2, 0.25) is 0 Å². The van der Waals surface area contributed by atoms with E-state index in [0.717, 1.165) is 0 Å². The van der Waals surface area contributed by atoms with Gasteiger partial charge in [0.1, 0.15) is 0 Å². The zero-order valence-corrected chi connectivity index (χ0v) is 6.35. The number of rotatable bonds is 1. The number of hydrogen-bond acceptors (Lipinski definition) is 3. The zero-order chi connectivity index (χ0) is 7.61. The van der Waals surface area contributed by atoms with Crippen LogP contribution in [0.15, 0.2) is 11.7 Å². The molecule has 0 saturated heterocycles. The Bertz CT molecular complexity index is 245. The Morgan fingerprint density at radius 1 is 1.90 bits per heavy atom. The Morgan fingerprint density at radius 3 is 3.00 bits per heavy atom. The van der Waals surface area contributed by atoms with E-state index in [1.165, 1.54) is 11.3 Å². The maximum absolute atomic E-state index is 9.42. The molecular weight excluding hydrogens is 146 g/mol. The molecule has 0 saturated carbocycles. The van der Waals surface area contributed by atoms with Crippen molar-refractivity contribution >= 4 is 11.3 Å². The van der Waals surface area contributed by atoms with E-state index in [0.29, 0.717) is 4.88 Å². The molecule has 0 spiro atoms. The van der Waals surface area contributed by atoms with Gasteiger partial charge in [0.2, 0.25) is 0 Å². The van der Waals surface area contributed by atoms with Gasteiger partial charge in [-0.3, -0.25) is 4.98 Å². The van der Waals surface area contributed by atoms with Gasteiger partial charge in [0.25, 0.3) is 0 Å². The standard InChI is InChI=1S/C7H7NOS/c1-3-7(2,9)6-4-8-5-10-6/h1,4-5,9H,2H3. The maximum atomic E-state index is 9.42. The van der Waals surface area contributed by atoms with Crippen molar-refractivity contribution < 1.29 is 5.11 Å². The lowest BCUT2D eigenvalue weighted by atomic mass is 10.1. The largest absolute Gasteiger partial charge is 0.373 e. The van der Waals surface area contributed by atoms with Crippen molar-refractivity contribution in [2.45, 2.75) is 12.5 Å². The lowest BCUT2D eigenvalue weighted by Crippen LogP contribution is -2.15. The molecule has 1 N–H and O–H groups in total. The second kappa shape index (κ2) is 2.41. The summed E-state index contributed by atoms with van der Waals surface area (Å²) in [4.78, 5) is 4.50. The van der Waals surface area contributed by atoms with Crippen molar-refractivity contribution in [3.05, 3.63) is 16.6 Å². The van der Waals surface area contributed by atoms with E-state index >= 15 is 0 Å². The van der Waals surface area contributed by atoms with E-state index in [1.54, 1.807) is 18.6 Å². The predicted molar refractivity (Wildman–Crippen MR) is 40.5 cm³/mol. The van der Waals surface area contributed by atoms with Crippen LogP contribution in [0, 0.1) is 12.3 Å². The van der Waals surface area contributed by atoms with Crippen LogP contribution in [0.3, 0.4) is 0 Å². The molecule has 1 aromatic rings. The van der Waals surface area contributed by atoms with E-state index in [2.05, 4.69) is 10.9 Å². The molecule has 1 unspecified atom stereocenters. The van der Waals surface area contributed by atoms with Crippen molar-refractivity contribution in [2.75, 3.05) is 0 Å². The van der Waals surface area contributed by atoms with Gasteiger partial charge in [-0.1, -0.05) is 5.92 Å². The van der Waals surface area contributed by atoms with E-state index in [-0.39, 0.29) is 0 Å². The first-order valence-corrected chi connectivity index (χ1v) is 3.64. The zero-order valence-electron chi connectivity index (χ0n) is 5.53. The first kappa shape index (κ1) is 7.26. The molecule has 2 nitrogen and oxygen atoms in total. The Kier molecular flexibility index (Phi) is 1.75. The molecule has 0 aliphatic rings. The van der Waals surface area contributed by atoms with Crippen molar-refractivity contribution in [3.8, 4) is 12.3 Å². The smallest absolute Gasteiger partial charge is 0.158 e. The van der Waals surface area contributed by atoms with Crippen LogP contribution < -0.4 is 0 Å². The normalized spacial score (nSPS) is 15.7. The van der Waals surface area contributed by atoms with Crippen molar-refractivity contribution in [1.82, 2.24) is 4.98 Å². The van der Waals surface area contributed by atoms with Crippen LogP contribution in [0.25, 0.3) is 0 Å². The molecule has 0 aliphatic heterocycles. The predicted octanol–water partition coefficient (Wildman–Crippen LogP) is 0.984. The van der Waals surface area contributed by atoms with Crippen LogP contribution in [-0.2, 0) is 5.60 Å². The molecule has 1 atom stereocenters. The Hall–Kier alpha value is -0.850. The van der Waals surface area contributed by atoms with Gasteiger partial charge >= 0.3 is 0 Å². The third kappa shape index (κ3) is 1.18. The highest BCUT2D eigenvalue weighted by Crippen LogP contribution is 2.22. The number of aromatic nitrogens is 1. The van der Waals surface area contributed by atoms with Crippen molar-refractivity contribution in [2.24, 2.45) is 0 Å². The summed E-state index contributed by atoms with van der Waals surface area (Å²) in [6.07, 6.45) is 6.65. The van der Waals surface area contributed by atoms with E-state index in [4.69, 9.17) is 6.42 Å². The fourth-order valence-electron chi connectivity index (χ4n) is 0.527. The second-order valence-electron chi connectivity index (χ2n) is 2.08. The topological polar surface area (TPSA) is 33.1 Å². The summed E-state index contributed by atoms with van der Waals surface area (Å²) in [6, 6.07) is 0. The molecule has 1 heterocycles. The van der Waals surface area contributed by atoms with Gasteiger partial charge in [-0.05, 0) is 6.92 Å². The maximum Gasteiger partial charge on any atom is 0.158 e. The van der Waals surface area contributed by atoms with E-state index in [9.17, 15) is 5.11 Å². The molecule has 0 radical (unpaired) electrons. The Morgan fingerprint density at radius 2 is 2.60 bits per heavy atom. The average molecular weight is 153 g/mol. The highest BCUT2D eigenvalue weighted by Gasteiger charge is 2.20. The Balaban J connectivity index is 2.99. The summed E-state index contributed by atoms with van der Waals surface area (Å²) in [6.45, 7) is 1.57. The third-order valence-corrected chi connectivity index (χ3v) is 2.18. The van der Waals surface area contributed by atoms with Gasteiger partial charge in [0.15, 0.2) is 5.60 Å². The number of thiazole rings is 1. The minimum Gasteiger partial charge on any atom is -0.373 e. The summed E-state index contributed by atoms with van der Waals surface area (Å²) in [5.41, 5.74) is 0.488. The molecule has 3 heteroatoms. The van der Waals surface area contributed by atoms with Crippen LogP contribution in [0.1, 0.15) is 11.8 Å². The van der Waals surface area contributed by atoms with Gasteiger partial charge in [0.05, 0.1) is 10.4 Å². The average Bonchev–Trinajstić information content (AvgIpc) is 2.38. The second-order valence-corrected chi connectivity index (χ2v) is 2.97. The molecule has 0 fully saturated rings. The van der Waals surface area contributed by atoms with Crippen LogP contribution in [-0.4, -0.2) is 10.1 Å². The number of nitrogens with zero attached hydrogens (tertiary/aromatic N) is 1. The lowest BCUT2D eigenvalue weighted by Gasteiger charge is -2.11. The molecule has 1 aromatic heterocycles. The summed E-state index contributed by atoms with van der Waals surface area (Å²) >= 11 is 1.35. The molecule has 0 aliphatic carbocycles. The minimum atomic E-state index is -1.15. The molecule has 0 amide bonds. The van der Waals surface area contributed by atoms with Crippen LogP contribution >= 0.6 is 11.3 Å². The monoisotopic (exact) mass is 153 g/mol. The van der Waals surface area contributed by atoms with Crippen LogP contribution in [0.5, 0.6) is 0 Å². The van der Waals surface area contributed by atoms with Gasteiger partial charge in [-0.25, -0.2) is 0 Å². The third-order valence-electron chi connectivity index (χ3n) is 1.19. The van der Waals surface area contributed by atoms with E-state index < -0.39 is 5.60 Å². The van der Waals surface area contributed by atoms with Crippen molar-refractivity contribution in [1.29, 1.82) is 0 Å².